The molecule has 0 radical (unpaired) electrons. The van der Waals surface area contributed by atoms with Gasteiger partial charge in [0, 0.05) is 25.4 Å². The molecule has 4 amide bonds. The second-order valence-corrected chi connectivity index (χ2v) is 8.05. The number of amides is 4. The molecule has 1 atom stereocenters. The van der Waals surface area contributed by atoms with Crippen LogP contribution in [0.2, 0.25) is 0 Å². The summed E-state index contributed by atoms with van der Waals surface area (Å²) in [6, 6.07) is 15.9. The summed E-state index contributed by atoms with van der Waals surface area (Å²) in [7, 11) is 3.18. The van der Waals surface area contributed by atoms with Crippen LogP contribution in [-0.4, -0.2) is 58.1 Å². The van der Waals surface area contributed by atoms with E-state index in [0.717, 1.165) is 16.2 Å². The molecule has 170 valence electrons. The maximum Gasteiger partial charge on any atom is 0.325 e. The molecule has 1 saturated heterocycles. The zero-order chi connectivity index (χ0) is 23.6. The van der Waals surface area contributed by atoms with Crippen LogP contribution in [0.5, 0.6) is 5.75 Å². The number of urea groups is 1. The highest BCUT2D eigenvalue weighted by molar-refractivity contribution is 6.09. The lowest BCUT2D eigenvalue weighted by atomic mass is 9.92. The molecular formula is C24H25N5O4. The van der Waals surface area contributed by atoms with E-state index >= 15 is 0 Å². The molecule has 9 nitrogen and oxygen atoms in total. The number of benzene rings is 2. The quantitative estimate of drug-likeness (QED) is 0.561. The fraction of sp³-hybridized carbons (Fsp3) is 0.250. The molecule has 0 unspecified atom stereocenters. The van der Waals surface area contributed by atoms with Crippen LogP contribution in [0, 0.1) is 0 Å². The third-order valence-electron chi connectivity index (χ3n) is 5.74. The Bertz CT molecular complexity index is 1180. The molecule has 3 aromatic rings. The van der Waals surface area contributed by atoms with Crippen LogP contribution < -0.4 is 10.1 Å². The van der Waals surface area contributed by atoms with Gasteiger partial charge in [0.15, 0.2) is 0 Å². The summed E-state index contributed by atoms with van der Waals surface area (Å²) >= 11 is 0. The normalized spacial score (nSPS) is 17.7. The van der Waals surface area contributed by atoms with Gasteiger partial charge in [-0.25, -0.2) is 9.48 Å². The number of carbonyl (C=O) groups is 3. The SMILES string of the molecule is COc1ccc([C@@]2(C)NC(=O)N(CC(=O)N(C)Cc3cnn(-c4ccccc4)c3)C2=O)cc1. The summed E-state index contributed by atoms with van der Waals surface area (Å²) < 4.78 is 6.88. The third-order valence-corrected chi connectivity index (χ3v) is 5.74. The molecule has 1 aliphatic rings. The smallest absolute Gasteiger partial charge is 0.325 e. The lowest BCUT2D eigenvalue weighted by Gasteiger charge is -2.23. The van der Waals surface area contributed by atoms with E-state index in [1.807, 2.05) is 36.5 Å². The summed E-state index contributed by atoms with van der Waals surface area (Å²) in [5, 5.41) is 7.04. The van der Waals surface area contributed by atoms with E-state index in [0.29, 0.717) is 17.9 Å². The Balaban J connectivity index is 1.42. The third kappa shape index (κ3) is 4.30. The van der Waals surface area contributed by atoms with Crippen LogP contribution >= 0.6 is 0 Å². The number of aromatic nitrogens is 2. The molecule has 0 spiro atoms. The maximum atomic E-state index is 13.1. The Morgan fingerprint density at radius 1 is 1.12 bits per heavy atom. The Labute approximate surface area is 191 Å². The van der Waals surface area contributed by atoms with Gasteiger partial charge in [-0.3, -0.25) is 14.5 Å². The van der Waals surface area contributed by atoms with Gasteiger partial charge < -0.3 is 15.0 Å². The highest BCUT2D eigenvalue weighted by atomic mass is 16.5. The van der Waals surface area contributed by atoms with Gasteiger partial charge in [-0.1, -0.05) is 30.3 Å². The molecule has 1 fully saturated rings. The standard InChI is InChI=1S/C24H25N5O4/c1-24(18-9-11-20(33-3)12-10-18)22(31)28(23(32)26-24)16-21(30)27(2)14-17-13-25-29(15-17)19-7-5-4-6-8-19/h4-13,15H,14,16H2,1-3H3,(H,26,32)/t24-/m1/s1. The summed E-state index contributed by atoms with van der Waals surface area (Å²) in [4.78, 5) is 40.9. The number of hydrogen-bond acceptors (Lipinski definition) is 5. The van der Waals surface area contributed by atoms with Gasteiger partial charge in [0.1, 0.15) is 17.8 Å². The van der Waals surface area contributed by atoms with Crippen molar-refractivity contribution < 1.29 is 19.1 Å². The lowest BCUT2D eigenvalue weighted by Crippen LogP contribution is -2.43. The summed E-state index contributed by atoms with van der Waals surface area (Å²) in [6.07, 6.45) is 3.53. The molecule has 1 N–H and O–H groups in total. The van der Waals surface area contributed by atoms with Crippen LogP contribution in [0.25, 0.3) is 5.69 Å². The van der Waals surface area contributed by atoms with Gasteiger partial charge in [-0.15, -0.1) is 0 Å². The monoisotopic (exact) mass is 447 g/mol. The maximum absolute atomic E-state index is 13.1. The molecule has 4 rings (SSSR count). The van der Waals surface area contributed by atoms with Crippen molar-refractivity contribution >= 4 is 17.8 Å². The number of nitrogens with one attached hydrogen (secondary N) is 1. The molecule has 2 heterocycles. The minimum Gasteiger partial charge on any atom is -0.497 e. The molecule has 1 aliphatic heterocycles. The number of hydrogen-bond donors (Lipinski definition) is 1. The average Bonchev–Trinajstić information content (AvgIpc) is 3.38. The van der Waals surface area contributed by atoms with E-state index in [1.165, 1.54) is 4.90 Å². The van der Waals surface area contributed by atoms with E-state index in [2.05, 4.69) is 10.4 Å². The number of nitrogens with zero attached hydrogens (tertiary/aromatic N) is 4. The topological polar surface area (TPSA) is 96.8 Å². The van der Waals surface area contributed by atoms with Crippen LogP contribution in [-0.2, 0) is 21.7 Å². The van der Waals surface area contributed by atoms with Crippen molar-refractivity contribution in [3.05, 3.63) is 78.1 Å². The number of methoxy groups -OCH3 is 1. The molecule has 33 heavy (non-hydrogen) atoms. The zero-order valence-electron chi connectivity index (χ0n) is 18.7. The first-order chi connectivity index (χ1) is 15.8. The van der Waals surface area contributed by atoms with Crippen LogP contribution in [0.1, 0.15) is 18.1 Å². The van der Waals surface area contributed by atoms with Gasteiger partial charge in [0.25, 0.3) is 5.91 Å². The Hall–Kier alpha value is -4.14. The first-order valence-corrected chi connectivity index (χ1v) is 10.4. The number of rotatable bonds is 7. The number of carbonyl (C=O) groups excluding carboxylic acids is 3. The van der Waals surface area contributed by atoms with Crippen molar-refractivity contribution in [3.63, 3.8) is 0 Å². The predicted molar refractivity (Wildman–Crippen MR) is 121 cm³/mol. The predicted octanol–water partition coefficient (Wildman–Crippen LogP) is 2.31. The highest BCUT2D eigenvalue weighted by Crippen LogP contribution is 2.30. The first kappa shape index (κ1) is 22.1. The summed E-state index contributed by atoms with van der Waals surface area (Å²) in [5.41, 5.74) is 1.10. The minimum absolute atomic E-state index is 0.297. The number of para-hydroxylation sites is 1. The Morgan fingerprint density at radius 2 is 1.82 bits per heavy atom. The van der Waals surface area contributed by atoms with Gasteiger partial charge in [0.05, 0.1) is 19.0 Å². The Morgan fingerprint density at radius 3 is 2.48 bits per heavy atom. The summed E-state index contributed by atoms with van der Waals surface area (Å²) in [6.45, 7) is 1.58. The fourth-order valence-electron chi connectivity index (χ4n) is 3.74. The molecule has 0 aliphatic carbocycles. The van der Waals surface area contributed by atoms with Crippen molar-refractivity contribution in [1.29, 1.82) is 0 Å². The van der Waals surface area contributed by atoms with E-state index in [1.54, 1.807) is 56.2 Å². The van der Waals surface area contributed by atoms with Crippen LogP contribution in [0.15, 0.2) is 67.0 Å². The number of likely N-dealkylation sites (N-methyl/N-ethyl adjacent to an activating group) is 1. The Kier molecular flexibility index (Phi) is 5.87. The molecular weight excluding hydrogens is 422 g/mol. The molecule has 9 heteroatoms. The molecule has 1 aromatic heterocycles. The van der Waals surface area contributed by atoms with Crippen molar-refractivity contribution in [2.75, 3.05) is 20.7 Å². The van der Waals surface area contributed by atoms with E-state index < -0.39 is 17.5 Å². The number of ether oxygens (including phenoxy) is 1. The second-order valence-electron chi connectivity index (χ2n) is 8.05. The first-order valence-electron chi connectivity index (χ1n) is 10.4. The summed E-state index contributed by atoms with van der Waals surface area (Å²) in [5.74, 6) is -0.190. The van der Waals surface area contributed by atoms with Gasteiger partial charge in [-0.2, -0.15) is 5.10 Å². The molecule has 0 bridgehead atoms. The second kappa shape index (κ2) is 8.78. The van der Waals surface area contributed by atoms with Crippen LogP contribution in [0.3, 0.4) is 0 Å². The van der Waals surface area contributed by atoms with Crippen LogP contribution in [0.4, 0.5) is 4.79 Å². The van der Waals surface area contributed by atoms with Crippen molar-refractivity contribution in [1.82, 2.24) is 24.9 Å². The molecule has 0 saturated carbocycles. The minimum atomic E-state index is -1.25. The van der Waals surface area contributed by atoms with Crippen molar-refractivity contribution in [2.24, 2.45) is 0 Å². The zero-order valence-corrected chi connectivity index (χ0v) is 18.7. The van der Waals surface area contributed by atoms with Crippen molar-refractivity contribution in [3.8, 4) is 11.4 Å². The van der Waals surface area contributed by atoms with Gasteiger partial charge in [-0.05, 0) is 36.8 Å². The van der Waals surface area contributed by atoms with E-state index in [-0.39, 0.29) is 12.5 Å². The average molecular weight is 447 g/mol. The van der Waals surface area contributed by atoms with Crippen molar-refractivity contribution in [2.45, 2.75) is 19.0 Å². The lowest BCUT2D eigenvalue weighted by molar-refractivity contribution is -0.138. The number of imide groups is 1. The van der Waals surface area contributed by atoms with E-state index in [9.17, 15) is 14.4 Å². The van der Waals surface area contributed by atoms with E-state index in [4.69, 9.17) is 4.74 Å². The van der Waals surface area contributed by atoms with Gasteiger partial charge in [0.2, 0.25) is 5.91 Å². The molecule has 2 aromatic carbocycles. The highest BCUT2D eigenvalue weighted by Gasteiger charge is 2.49. The van der Waals surface area contributed by atoms with Gasteiger partial charge >= 0.3 is 6.03 Å². The fourth-order valence-corrected chi connectivity index (χ4v) is 3.74. The largest absolute Gasteiger partial charge is 0.497 e.